The van der Waals surface area contributed by atoms with E-state index in [0.717, 1.165) is 25.9 Å². The summed E-state index contributed by atoms with van der Waals surface area (Å²) in [7, 11) is 2.08. The Balaban J connectivity index is 2.18. The minimum Gasteiger partial charge on any atom is -0.399 e. The number of hydrogen-bond donors (Lipinski definition) is 2. The molecular weight excluding hydrogens is 290 g/mol. The highest BCUT2D eigenvalue weighted by atomic mass is 35.5. The van der Waals surface area contributed by atoms with Gasteiger partial charge in [0.1, 0.15) is 0 Å². The molecule has 1 aliphatic rings. The van der Waals surface area contributed by atoms with Crippen molar-refractivity contribution in [2.45, 2.75) is 18.9 Å². The normalized spacial score (nSPS) is 16.9. The molecule has 0 unspecified atom stereocenters. The number of rotatable bonds is 4. The highest BCUT2D eigenvalue weighted by Gasteiger charge is 2.27. The summed E-state index contributed by atoms with van der Waals surface area (Å²) in [5.74, 6) is -0.118. The molecule has 5 nitrogen and oxygen atoms in total. The zero-order valence-corrected chi connectivity index (χ0v) is 13.0. The smallest absolute Gasteiger partial charge is 0.254 e. The topological polar surface area (TPSA) is 69.8 Å². The molecule has 1 aromatic carbocycles. The molecule has 1 heterocycles. The molecule has 6 heteroatoms. The number of nitrogen functional groups attached to an aromatic ring is 1. The Bertz CT molecular complexity index is 481. The Kier molecular flexibility index (Phi) is 5.45. The molecule has 1 aliphatic heterocycles. The first-order valence-corrected chi connectivity index (χ1v) is 7.55. The van der Waals surface area contributed by atoms with Gasteiger partial charge in [-0.25, -0.2) is 0 Å². The van der Waals surface area contributed by atoms with Crippen LogP contribution < -0.4 is 5.73 Å². The number of piperidine rings is 1. The lowest BCUT2D eigenvalue weighted by atomic mass is 10.0. The van der Waals surface area contributed by atoms with Crippen LogP contribution in [-0.4, -0.2) is 60.1 Å². The van der Waals surface area contributed by atoms with Crippen molar-refractivity contribution in [2.24, 2.45) is 0 Å². The zero-order chi connectivity index (χ0) is 15.4. The number of amides is 1. The second-order valence-electron chi connectivity index (χ2n) is 5.53. The molecule has 1 aromatic rings. The summed E-state index contributed by atoms with van der Waals surface area (Å²) in [6.45, 7) is 2.20. The van der Waals surface area contributed by atoms with Crippen molar-refractivity contribution in [2.75, 3.05) is 39.0 Å². The molecule has 2 rings (SSSR count). The van der Waals surface area contributed by atoms with Gasteiger partial charge in [-0.05, 0) is 51.2 Å². The van der Waals surface area contributed by atoms with Gasteiger partial charge in [0, 0.05) is 28.9 Å². The summed E-state index contributed by atoms with van der Waals surface area (Å²) < 4.78 is 0. The van der Waals surface area contributed by atoms with Gasteiger partial charge in [-0.1, -0.05) is 11.6 Å². The molecule has 1 fully saturated rings. The number of hydrogen-bond acceptors (Lipinski definition) is 4. The first kappa shape index (κ1) is 16.1. The summed E-state index contributed by atoms with van der Waals surface area (Å²) >= 11 is 5.97. The van der Waals surface area contributed by atoms with Gasteiger partial charge < -0.3 is 20.6 Å². The van der Waals surface area contributed by atoms with Crippen molar-refractivity contribution in [3.8, 4) is 0 Å². The summed E-state index contributed by atoms with van der Waals surface area (Å²) in [6, 6.07) is 5.03. The fourth-order valence-electron chi connectivity index (χ4n) is 2.77. The van der Waals surface area contributed by atoms with Crippen LogP contribution in [0.5, 0.6) is 0 Å². The maximum absolute atomic E-state index is 12.7. The van der Waals surface area contributed by atoms with Crippen LogP contribution in [0.15, 0.2) is 18.2 Å². The molecule has 116 valence electrons. The number of nitrogens with zero attached hydrogens (tertiary/aromatic N) is 2. The second-order valence-corrected chi connectivity index (χ2v) is 5.97. The molecule has 0 radical (unpaired) electrons. The predicted octanol–water partition coefficient (Wildman–Crippen LogP) is 1.45. The van der Waals surface area contributed by atoms with E-state index >= 15 is 0 Å². The SMILES string of the molecule is CN1CCC(N(CCO)C(=O)c2cc(N)cc(Cl)c2)CC1. The molecule has 1 saturated heterocycles. The maximum Gasteiger partial charge on any atom is 0.254 e. The van der Waals surface area contributed by atoms with Gasteiger partial charge in [0.25, 0.3) is 5.91 Å². The highest BCUT2D eigenvalue weighted by Crippen LogP contribution is 2.22. The average molecular weight is 312 g/mol. The van der Waals surface area contributed by atoms with Gasteiger partial charge in [0.15, 0.2) is 0 Å². The van der Waals surface area contributed by atoms with E-state index in [1.54, 1.807) is 23.1 Å². The average Bonchev–Trinajstić information content (AvgIpc) is 2.44. The van der Waals surface area contributed by atoms with Gasteiger partial charge in [-0.2, -0.15) is 0 Å². The summed E-state index contributed by atoms with van der Waals surface area (Å²) in [5, 5.41) is 9.72. The minimum absolute atomic E-state index is 0.0475. The van der Waals surface area contributed by atoms with Crippen LogP contribution in [0.25, 0.3) is 0 Å². The van der Waals surface area contributed by atoms with Crippen molar-refractivity contribution in [3.05, 3.63) is 28.8 Å². The monoisotopic (exact) mass is 311 g/mol. The van der Waals surface area contributed by atoms with Crippen molar-refractivity contribution in [1.29, 1.82) is 0 Å². The lowest BCUT2D eigenvalue weighted by molar-refractivity contribution is 0.0540. The molecule has 3 N–H and O–H groups in total. The standard InChI is InChI=1S/C15H22ClN3O2/c1-18-4-2-14(3-5-18)19(6-7-20)15(21)11-8-12(16)10-13(17)9-11/h8-10,14,20H,2-7,17H2,1H3. The third-order valence-electron chi connectivity index (χ3n) is 3.90. The Morgan fingerprint density at radius 1 is 1.43 bits per heavy atom. The summed E-state index contributed by atoms with van der Waals surface area (Å²) in [4.78, 5) is 16.7. The highest BCUT2D eigenvalue weighted by molar-refractivity contribution is 6.31. The Labute approximate surface area is 130 Å². The number of halogens is 1. The van der Waals surface area contributed by atoms with Crippen molar-refractivity contribution < 1.29 is 9.90 Å². The summed E-state index contributed by atoms with van der Waals surface area (Å²) in [5.41, 5.74) is 6.71. The Morgan fingerprint density at radius 2 is 2.10 bits per heavy atom. The number of carbonyl (C=O) groups excluding carboxylic acids is 1. The van der Waals surface area contributed by atoms with E-state index in [4.69, 9.17) is 17.3 Å². The first-order chi connectivity index (χ1) is 10.0. The molecule has 0 atom stereocenters. The largest absolute Gasteiger partial charge is 0.399 e. The summed E-state index contributed by atoms with van der Waals surface area (Å²) in [6.07, 6.45) is 1.83. The van der Waals surface area contributed by atoms with Crippen LogP contribution in [0.1, 0.15) is 23.2 Å². The van der Waals surface area contributed by atoms with Crippen LogP contribution in [-0.2, 0) is 0 Å². The molecular formula is C15H22ClN3O2. The molecule has 21 heavy (non-hydrogen) atoms. The van der Waals surface area contributed by atoms with E-state index < -0.39 is 0 Å². The van der Waals surface area contributed by atoms with Gasteiger partial charge in [0.05, 0.1) is 6.61 Å². The fraction of sp³-hybridized carbons (Fsp3) is 0.533. The molecule has 0 saturated carbocycles. The minimum atomic E-state index is -0.118. The number of aliphatic hydroxyl groups is 1. The Hall–Kier alpha value is -1.30. The zero-order valence-electron chi connectivity index (χ0n) is 12.3. The van der Waals surface area contributed by atoms with Crippen LogP contribution in [0.4, 0.5) is 5.69 Å². The van der Waals surface area contributed by atoms with Crippen molar-refractivity contribution in [3.63, 3.8) is 0 Å². The molecule has 0 bridgehead atoms. The quantitative estimate of drug-likeness (QED) is 0.826. The van der Waals surface area contributed by atoms with Crippen LogP contribution in [0, 0.1) is 0 Å². The third-order valence-corrected chi connectivity index (χ3v) is 4.12. The van der Waals surface area contributed by atoms with E-state index in [1.807, 2.05) is 0 Å². The van der Waals surface area contributed by atoms with Gasteiger partial charge in [0.2, 0.25) is 0 Å². The fourth-order valence-corrected chi connectivity index (χ4v) is 3.01. The van der Waals surface area contributed by atoms with E-state index in [9.17, 15) is 9.90 Å². The predicted molar refractivity (Wildman–Crippen MR) is 84.5 cm³/mol. The van der Waals surface area contributed by atoms with E-state index in [-0.39, 0.29) is 18.6 Å². The number of carbonyl (C=O) groups is 1. The molecule has 0 aliphatic carbocycles. The molecule has 1 amide bonds. The van der Waals surface area contributed by atoms with Crippen LogP contribution >= 0.6 is 11.6 Å². The van der Waals surface area contributed by atoms with Gasteiger partial charge in [-0.3, -0.25) is 4.79 Å². The van der Waals surface area contributed by atoms with Crippen molar-refractivity contribution in [1.82, 2.24) is 9.80 Å². The second kappa shape index (κ2) is 7.11. The van der Waals surface area contributed by atoms with Crippen molar-refractivity contribution >= 4 is 23.2 Å². The number of anilines is 1. The van der Waals surface area contributed by atoms with E-state index in [0.29, 0.717) is 22.8 Å². The number of likely N-dealkylation sites (tertiary alicyclic amines) is 1. The maximum atomic E-state index is 12.7. The lowest BCUT2D eigenvalue weighted by Crippen LogP contribution is -2.47. The van der Waals surface area contributed by atoms with Crippen LogP contribution in [0.2, 0.25) is 5.02 Å². The number of benzene rings is 1. The first-order valence-electron chi connectivity index (χ1n) is 7.17. The van der Waals surface area contributed by atoms with Crippen LogP contribution in [0.3, 0.4) is 0 Å². The lowest BCUT2D eigenvalue weighted by Gasteiger charge is -2.37. The van der Waals surface area contributed by atoms with E-state index in [1.165, 1.54) is 0 Å². The van der Waals surface area contributed by atoms with E-state index in [2.05, 4.69) is 11.9 Å². The number of nitrogens with two attached hydrogens (primary N) is 1. The third kappa shape index (κ3) is 4.09. The molecule has 0 spiro atoms. The van der Waals surface area contributed by atoms with Gasteiger partial charge >= 0.3 is 0 Å². The molecule has 0 aromatic heterocycles. The number of aliphatic hydroxyl groups excluding tert-OH is 1. The Morgan fingerprint density at radius 3 is 2.67 bits per heavy atom. The van der Waals surface area contributed by atoms with Gasteiger partial charge in [-0.15, -0.1) is 0 Å².